The van der Waals surface area contributed by atoms with E-state index in [1.54, 1.807) is 23.6 Å². The fourth-order valence-electron chi connectivity index (χ4n) is 3.03. The van der Waals surface area contributed by atoms with Crippen molar-refractivity contribution in [3.63, 3.8) is 0 Å². The number of nitrogens with zero attached hydrogens (tertiary/aromatic N) is 3. The van der Waals surface area contributed by atoms with Crippen molar-refractivity contribution in [1.29, 1.82) is 0 Å². The summed E-state index contributed by atoms with van der Waals surface area (Å²) in [4.78, 5) is 0.00373. The molecule has 1 aromatic heterocycles. The van der Waals surface area contributed by atoms with Gasteiger partial charge in [-0.25, -0.2) is 13.1 Å². The maximum absolute atomic E-state index is 12.8. The van der Waals surface area contributed by atoms with Crippen LogP contribution in [-0.4, -0.2) is 29.8 Å². The average molecular weight is 513 g/mol. The fraction of sp³-hybridized carbons (Fsp3) is 0.364. The summed E-state index contributed by atoms with van der Waals surface area (Å²) < 4.78 is 41.4. The molecular formula is C22H26Cl2N4O4S. The van der Waals surface area contributed by atoms with E-state index >= 15 is 0 Å². The molecule has 33 heavy (non-hydrogen) atoms. The molecule has 0 saturated heterocycles. The van der Waals surface area contributed by atoms with Crippen molar-refractivity contribution in [2.24, 2.45) is 0 Å². The molecule has 2 aromatic carbocycles. The molecule has 0 aliphatic rings. The first-order valence-corrected chi connectivity index (χ1v) is 12.8. The molecule has 8 nitrogen and oxygen atoms in total. The Balaban J connectivity index is 1.73. The van der Waals surface area contributed by atoms with Crippen LogP contribution in [0.4, 0.5) is 0 Å². The van der Waals surface area contributed by atoms with Gasteiger partial charge in [-0.2, -0.15) is 0 Å². The number of aromatic nitrogens is 3. The summed E-state index contributed by atoms with van der Waals surface area (Å²) in [5.74, 6) is 1.74. The molecule has 0 fully saturated rings. The van der Waals surface area contributed by atoms with Gasteiger partial charge in [-0.15, -0.1) is 5.10 Å². The zero-order chi connectivity index (χ0) is 24.0. The third-order valence-electron chi connectivity index (χ3n) is 4.78. The molecule has 3 aromatic rings. The van der Waals surface area contributed by atoms with Crippen molar-refractivity contribution in [3.05, 3.63) is 58.3 Å². The highest BCUT2D eigenvalue weighted by Crippen LogP contribution is 2.27. The lowest BCUT2D eigenvalue weighted by Crippen LogP contribution is -2.29. The number of unbranched alkanes of at least 4 members (excludes halogenated alkanes) is 1. The number of hydrogen-bond donors (Lipinski definition) is 1. The summed E-state index contributed by atoms with van der Waals surface area (Å²) in [6.07, 6.45) is 2.06. The lowest BCUT2D eigenvalue weighted by Gasteiger charge is -2.15. The summed E-state index contributed by atoms with van der Waals surface area (Å²) >= 11 is 11.9. The smallest absolute Gasteiger partial charge is 0.322 e. The third-order valence-corrected chi connectivity index (χ3v) is 7.06. The first kappa shape index (κ1) is 25.3. The van der Waals surface area contributed by atoms with Crippen LogP contribution in [0.3, 0.4) is 0 Å². The topological polar surface area (TPSA) is 95.3 Å². The minimum atomic E-state index is -3.86. The van der Waals surface area contributed by atoms with Crippen molar-refractivity contribution in [2.45, 2.75) is 51.1 Å². The predicted molar refractivity (Wildman–Crippen MR) is 128 cm³/mol. The van der Waals surface area contributed by atoms with Gasteiger partial charge in [0.1, 0.15) is 11.5 Å². The molecule has 1 atom stereocenters. The fourth-order valence-corrected chi connectivity index (χ4v) is 4.62. The van der Waals surface area contributed by atoms with Crippen LogP contribution in [0.1, 0.15) is 45.5 Å². The molecule has 0 amide bonds. The number of ether oxygens (including phenoxy) is 2. The van der Waals surface area contributed by atoms with Crippen LogP contribution in [0.5, 0.6) is 17.5 Å². The van der Waals surface area contributed by atoms with Crippen LogP contribution in [0.15, 0.2) is 47.4 Å². The Hall–Kier alpha value is -2.33. The summed E-state index contributed by atoms with van der Waals surface area (Å²) in [6, 6.07) is 10.9. The Morgan fingerprint density at radius 3 is 2.36 bits per heavy atom. The minimum absolute atomic E-state index is 0.00373. The highest BCUT2D eigenvalue weighted by molar-refractivity contribution is 7.89. The number of nitrogens with one attached hydrogen (secondary N) is 1. The SMILES string of the molecule is CCCCOc1ccc(Oc2nnc([C@@H](C)NS(=O)(=O)c3ccc(Cl)c(Cl)c3)n2CC)cc1. The maximum Gasteiger partial charge on any atom is 0.322 e. The van der Waals surface area contributed by atoms with E-state index in [1.165, 1.54) is 18.2 Å². The monoisotopic (exact) mass is 512 g/mol. The molecule has 0 radical (unpaired) electrons. The van der Waals surface area contributed by atoms with Crippen molar-refractivity contribution in [2.75, 3.05) is 6.61 Å². The van der Waals surface area contributed by atoms with E-state index in [0.717, 1.165) is 18.6 Å². The summed E-state index contributed by atoms with van der Waals surface area (Å²) in [7, 11) is -3.86. The van der Waals surface area contributed by atoms with Crippen LogP contribution < -0.4 is 14.2 Å². The van der Waals surface area contributed by atoms with E-state index in [4.69, 9.17) is 32.7 Å². The zero-order valence-electron chi connectivity index (χ0n) is 18.6. The Morgan fingerprint density at radius 1 is 1.03 bits per heavy atom. The number of rotatable bonds is 11. The van der Waals surface area contributed by atoms with Gasteiger partial charge in [0.25, 0.3) is 0 Å². The van der Waals surface area contributed by atoms with Crippen molar-refractivity contribution in [1.82, 2.24) is 19.5 Å². The predicted octanol–water partition coefficient (Wildman–Crippen LogP) is 5.62. The lowest BCUT2D eigenvalue weighted by atomic mass is 10.3. The standard InChI is InChI=1S/C22H26Cl2N4O4S/c1-4-6-13-31-16-7-9-17(10-8-16)32-22-26-25-21(28(22)5-2)15(3)27-33(29,30)18-11-12-19(23)20(24)14-18/h7-12,14-15,27H,4-6,13H2,1-3H3/t15-/m1/s1. The average Bonchev–Trinajstić information content (AvgIpc) is 3.19. The summed E-state index contributed by atoms with van der Waals surface area (Å²) in [5, 5.41) is 8.68. The largest absolute Gasteiger partial charge is 0.494 e. The van der Waals surface area contributed by atoms with Gasteiger partial charge in [-0.1, -0.05) is 41.6 Å². The van der Waals surface area contributed by atoms with Gasteiger partial charge >= 0.3 is 6.01 Å². The first-order chi connectivity index (χ1) is 15.7. The Kier molecular flexibility index (Phi) is 8.58. The van der Waals surface area contributed by atoms with Crippen LogP contribution in [-0.2, 0) is 16.6 Å². The molecule has 0 aliphatic heterocycles. The first-order valence-electron chi connectivity index (χ1n) is 10.6. The van der Waals surface area contributed by atoms with Gasteiger partial charge in [-0.05, 0) is 62.7 Å². The lowest BCUT2D eigenvalue weighted by molar-refractivity contribution is 0.308. The van der Waals surface area contributed by atoms with Gasteiger partial charge in [0.2, 0.25) is 10.0 Å². The van der Waals surface area contributed by atoms with Crippen molar-refractivity contribution in [3.8, 4) is 17.5 Å². The normalized spacial score (nSPS) is 12.5. The summed E-state index contributed by atoms with van der Waals surface area (Å²) in [5.41, 5.74) is 0. The maximum atomic E-state index is 12.8. The molecule has 178 valence electrons. The molecule has 0 spiro atoms. The number of hydrogen-bond acceptors (Lipinski definition) is 6. The Bertz CT molecular complexity index is 1180. The molecule has 3 rings (SSSR count). The van der Waals surface area contributed by atoms with Gasteiger partial charge in [0.15, 0.2) is 5.82 Å². The quantitative estimate of drug-likeness (QED) is 0.335. The molecule has 0 saturated carbocycles. The second-order valence-corrected chi connectivity index (χ2v) is 9.81. The van der Waals surface area contributed by atoms with Gasteiger partial charge in [0, 0.05) is 6.54 Å². The zero-order valence-corrected chi connectivity index (χ0v) is 20.9. The van der Waals surface area contributed by atoms with Crippen LogP contribution in [0, 0.1) is 0 Å². The van der Waals surface area contributed by atoms with Gasteiger partial charge < -0.3 is 9.47 Å². The minimum Gasteiger partial charge on any atom is -0.494 e. The molecule has 1 N–H and O–H groups in total. The second-order valence-electron chi connectivity index (χ2n) is 7.28. The van der Waals surface area contributed by atoms with E-state index in [1.807, 2.05) is 19.1 Å². The molecular weight excluding hydrogens is 487 g/mol. The van der Waals surface area contributed by atoms with E-state index in [2.05, 4.69) is 21.8 Å². The van der Waals surface area contributed by atoms with Crippen molar-refractivity contribution < 1.29 is 17.9 Å². The van der Waals surface area contributed by atoms with Crippen molar-refractivity contribution >= 4 is 33.2 Å². The highest BCUT2D eigenvalue weighted by Gasteiger charge is 2.24. The van der Waals surface area contributed by atoms with Gasteiger partial charge in [-0.3, -0.25) is 4.57 Å². The molecule has 0 unspecified atom stereocenters. The van der Waals surface area contributed by atoms with Gasteiger partial charge in [0.05, 0.1) is 27.6 Å². The molecule has 11 heteroatoms. The second kappa shape index (κ2) is 11.2. The van der Waals surface area contributed by atoms with E-state index in [-0.39, 0.29) is 21.0 Å². The third kappa shape index (κ3) is 6.38. The highest BCUT2D eigenvalue weighted by atomic mass is 35.5. The summed E-state index contributed by atoms with van der Waals surface area (Å²) in [6.45, 7) is 6.83. The van der Waals surface area contributed by atoms with Crippen LogP contribution in [0.25, 0.3) is 0 Å². The van der Waals surface area contributed by atoms with E-state index in [9.17, 15) is 8.42 Å². The van der Waals surface area contributed by atoms with E-state index < -0.39 is 16.1 Å². The molecule has 0 bridgehead atoms. The van der Waals surface area contributed by atoms with Crippen LogP contribution >= 0.6 is 23.2 Å². The number of halogens is 2. The number of benzene rings is 2. The Labute approximate surface area is 203 Å². The van der Waals surface area contributed by atoms with Crippen LogP contribution in [0.2, 0.25) is 10.0 Å². The number of sulfonamides is 1. The van der Waals surface area contributed by atoms with E-state index in [0.29, 0.717) is 24.7 Å². The molecule has 1 heterocycles. The Morgan fingerprint density at radius 2 is 1.73 bits per heavy atom. The molecule has 0 aliphatic carbocycles.